The van der Waals surface area contributed by atoms with E-state index in [1.165, 1.54) is 55.2 Å². The van der Waals surface area contributed by atoms with Crippen molar-refractivity contribution in [2.24, 2.45) is 5.92 Å². The molecule has 3 rings (SSSR count). The molecule has 3 aliphatic rings. The third-order valence-corrected chi connectivity index (χ3v) is 4.24. The fourth-order valence-electron chi connectivity index (χ4n) is 3.52. The lowest BCUT2D eigenvalue weighted by Crippen LogP contribution is -1.99. The van der Waals surface area contributed by atoms with Crippen LogP contribution >= 0.6 is 0 Å². The van der Waals surface area contributed by atoms with Crippen LogP contribution in [0.5, 0.6) is 0 Å². The molecule has 0 N–H and O–H groups in total. The number of fused-ring (bicyclic) bond motifs is 1. The van der Waals surface area contributed by atoms with Gasteiger partial charge in [0, 0.05) is 6.42 Å². The lowest BCUT2D eigenvalue weighted by molar-refractivity contribution is -0.107. The van der Waals surface area contributed by atoms with E-state index in [-0.39, 0.29) is 0 Å². The van der Waals surface area contributed by atoms with Gasteiger partial charge in [-0.2, -0.15) is 0 Å². The van der Waals surface area contributed by atoms with E-state index in [1.54, 1.807) is 5.57 Å². The Morgan fingerprint density at radius 2 is 2.19 bits per heavy atom. The van der Waals surface area contributed by atoms with E-state index in [0.29, 0.717) is 12.3 Å². The summed E-state index contributed by atoms with van der Waals surface area (Å²) >= 11 is 0. The number of carbonyl (C=O) groups is 1. The third kappa shape index (κ3) is 1.50. The molecule has 0 aromatic rings. The molecule has 1 nitrogen and oxygen atoms in total. The molecule has 1 heteroatoms. The van der Waals surface area contributed by atoms with E-state index in [2.05, 4.69) is 12.2 Å². The summed E-state index contributed by atoms with van der Waals surface area (Å²) in [5, 5.41) is 0. The molecule has 1 saturated carbocycles. The molecule has 0 radical (unpaired) electrons. The van der Waals surface area contributed by atoms with Gasteiger partial charge in [0.1, 0.15) is 6.29 Å². The zero-order valence-corrected chi connectivity index (χ0v) is 9.67. The van der Waals surface area contributed by atoms with Crippen molar-refractivity contribution in [3.63, 3.8) is 0 Å². The first-order valence-electron chi connectivity index (χ1n) is 6.46. The summed E-state index contributed by atoms with van der Waals surface area (Å²) in [7, 11) is 0. The number of hydrogen-bond donors (Lipinski definition) is 0. The summed E-state index contributed by atoms with van der Waals surface area (Å²) in [6, 6.07) is 0. The van der Waals surface area contributed by atoms with E-state index in [0.717, 1.165) is 6.29 Å². The van der Waals surface area contributed by atoms with Gasteiger partial charge in [-0.1, -0.05) is 17.7 Å². The molecule has 0 saturated heterocycles. The van der Waals surface area contributed by atoms with E-state index >= 15 is 0 Å². The minimum absolute atomic E-state index is 0.639. The van der Waals surface area contributed by atoms with Gasteiger partial charge in [0.15, 0.2) is 0 Å². The maximum absolute atomic E-state index is 10.9. The Kier molecular flexibility index (Phi) is 2.55. The quantitative estimate of drug-likeness (QED) is 0.640. The normalized spacial score (nSPS) is 28.1. The van der Waals surface area contributed by atoms with Crippen LogP contribution in [0.4, 0.5) is 0 Å². The Morgan fingerprint density at radius 3 is 3.06 bits per heavy atom. The van der Waals surface area contributed by atoms with Gasteiger partial charge in [0.2, 0.25) is 0 Å². The van der Waals surface area contributed by atoms with Crippen molar-refractivity contribution in [3.8, 4) is 0 Å². The predicted octanol–water partition coefficient (Wildman–Crippen LogP) is 3.72. The van der Waals surface area contributed by atoms with Gasteiger partial charge in [0.25, 0.3) is 0 Å². The molecule has 3 aliphatic carbocycles. The summed E-state index contributed by atoms with van der Waals surface area (Å²) in [6.45, 7) is 0. The largest absolute Gasteiger partial charge is 0.303 e. The molecule has 0 aliphatic heterocycles. The van der Waals surface area contributed by atoms with Crippen LogP contribution in [0.1, 0.15) is 44.9 Å². The van der Waals surface area contributed by atoms with Crippen molar-refractivity contribution in [1.29, 1.82) is 0 Å². The number of carbonyl (C=O) groups excluding carboxylic acids is 1. The fraction of sp³-hybridized carbons (Fsp3) is 0.533. The van der Waals surface area contributed by atoms with Crippen LogP contribution in [0.2, 0.25) is 0 Å². The maximum Gasteiger partial charge on any atom is 0.124 e. The van der Waals surface area contributed by atoms with Gasteiger partial charge in [0.05, 0.1) is 0 Å². The van der Waals surface area contributed by atoms with Crippen molar-refractivity contribution in [2.45, 2.75) is 44.9 Å². The monoisotopic (exact) mass is 214 g/mol. The molecule has 0 aromatic heterocycles. The Bertz CT molecular complexity index is 409. The highest BCUT2D eigenvalue weighted by atomic mass is 16.1. The summed E-state index contributed by atoms with van der Waals surface area (Å²) in [4.78, 5) is 10.9. The Balaban J connectivity index is 2.09. The second-order valence-electron chi connectivity index (χ2n) is 5.09. The molecule has 0 amide bonds. The Labute approximate surface area is 96.9 Å². The molecular weight excluding hydrogens is 196 g/mol. The second kappa shape index (κ2) is 4.04. The number of aldehydes is 1. The lowest BCUT2D eigenvalue weighted by Gasteiger charge is -2.13. The first kappa shape index (κ1) is 10.1. The molecule has 1 unspecified atom stereocenters. The predicted molar refractivity (Wildman–Crippen MR) is 65.1 cm³/mol. The third-order valence-electron chi connectivity index (χ3n) is 4.24. The van der Waals surface area contributed by atoms with Crippen molar-refractivity contribution in [3.05, 3.63) is 34.4 Å². The van der Waals surface area contributed by atoms with Gasteiger partial charge in [-0.3, -0.25) is 0 Å². The van der Waals surface area contributed by atoms with Gasteiger partial charge < -0.3 is 4.79 Å². The molecule has 0 aromatic carbocycles. The zero-order valence-electron chi connectivity index (χ0n) is 9.67. The van der Waals surface area contributed by atoms with Crippen LogP contribution in [-0.4, -0.2) is 6.29 Å². The summed E-state index contributed by atoms with van der Waals surface area (Å²) < 4.78 is 0. The highest BCUT2D eigenvalue weighted by Gasteiger charge is 2.28. The summed E-state index contributed by atoms with van der Waals surface area (Å²) in [5.74, 6) is 0.639. The average molecular weight is 214 g/mol. The fourth-order valence-corrected chi connectivity index (χ4v) is 3.52. The second-order valence-corrected chi connectivity index (χ2v) is 5.09. The van der Waals surface area contributed by atoms with Crippen LogP contribution in [0.3, 0.4) is 0 Å². The van der Waals surface area contributed by atoms with E-state index in [4.69, 9.17) is 0 Å². The molecule has 1 fully saturated rings. The molecule has 0 spiro atoms. The minimum Gasteiger partial charge on any atom is -0.303 e. The molecular formula is C15H18O. The van der Waals surface area contributed by atoms with E-state index in [9.17, 15) is 4.79 Å². The highest BCUT2D eigenvalue weighted by molar-refractivity contribution is 5.62. The standard InChI is InChI=1S/C15H18O/c16-10-9-15-13-5-1-3-11(13)7-8-12-4-2-6-14(12)15/h7-8,10-11H,1-6,9H2. The Hall–Kier alpha value is -1.11. The summed E-state index contributed by atoms with van der Waals surface area (Å²) in [5.41, 5.74) is 6.02. The van der Waals surface area contributed by atoms with Crippen LogP contribution in [0.15, 0.2) is 34.4 Å². The summed E-state index contributed by atoms with van der Waals surface area (Å²) in [6.07, 6.45) is 14.0. The van der Waals surface area contributed by atoms with Gasteiger partial charge in [-0.25, -0.2) is 0 Å². The van der Waals surface area contributed by atoms with E-state index in [1.807, 2.05) is 0 Å². The molecule has 16 heavy (non-hydrogen) atoms. The highest BCUT2D eigenvalue weighted by Crippen LogP contribution is 2.44. The van der Waals surface area contributed by atoms with Gasteiger partial charge in [-0.05, 0) is 61.2 Å². The molecule has 84 valence electrons. The van der Waals surface area contributed by atoms with Gasteiger partial charge >= 0.3 is 0 Å². The topological polar surface area (TPSA) is 17.1 Å². The number of rotatable bonds is 2. The zero-order chi connectivity index (χ0) is 11.0. The average Bonchev–Trinajstić information content (AvgIpc) is 2.91. The minimum atomic E-state index is 0.639. The van der Waals surface area contributed by atoms with Crippen LogP contribution in [0, 0.1) is 5.92 Å². The lowest BCUT2D eigenvalue weighted by atomic mass is 9.91. The first-order valence-corrected chi connectivity index (χ1v) is 6.46. The van der Waals surface area contributed by atoms with Crippen molar-refractivity contribution in [2.75, 3.05) is 0 Å². The smallest absolute Gasteiger partial charge is 0.124 e. The number of allylic oxidation sites excluding steroid dienone is 6. The van der Waals surface area contributed by atoms with Crippen LogP contribution in [-0.2, 0) is 4.79 Å². The van der Waals surface area contributed by atoms with Crippen molar-refractivity contribution < 1.29 is 4.79 Å². The Morgan fingerprint density at radius 1 is 1.25 bits per heavy atom. The maximum atomic E-state index is 10.9. The molecule has 0 bridgehead atoms. The molecule has 0 heterocycles. The number of hydrogen-bond acceptors (Lipinski definition) is 1. The molecule has 1 atom stereocenters. The van der Waals surface area contributed by atoms with Crippen LogP contribution < -0.4 is 0 Å². The van der Waals surface area contributed by atoms with Crippen LogP contribution in [0.25, 0.3) is 0 Å². The SMILES string of the molecule is O=CCC1=C2CCCC2C=CC2=C1CCC2. The van der Waals surface area contributed by atoms with Gasteiger partial charge in [-0.15, -0.1) is 0 Å². The first-order chi connectivity index (χ1) is 7.90. The van der Waals surface area contributed by atoms with Crippen molar-refractivity contribution >= 4 is 6.29 Å². The van der Waals surface area contributed by atoms with E-state index < -0.39 is 0 Å². The van der Waals surface area contributed by atoms with Crippen molar-refractivity contribution in [1.82, 2.24) is 0 Å².